The van der Waals surface area contributed by atoms with Gasteiger partial charge < -0.3 is 9.84 Å². The summed E-state index contributed by atoms with van der Waals surface area (Å²) in [6.45, 7) is 0.523. The number of anilines is 1. The molecule has 0 unspecified atom stereocenters. The third-order valence-corrected chi connectivity index (χ3v) is 3.64. The zero-order valence-corrected chi connectivity index (χ0v) is 9.76. The Bertz CT molecular complexity index is 521. The van der Waals surface area contributed by atoms with Gasteiger partial charge in [0, 0.05) is 5.69 Å². The van der Waals surface area contributed by atoms with Crippen LogP contribution in [0.1, 0.15) is 29.6 Å². The molecule has 3 rings (SSSR count). The van der Waals surface area contributed by atoms with E-state index in [0.717, 1.165) is 19.3 Å². The summed E-state index contributed by atoms with van der Waals surface area (Å²) in [7, 11) is 0. The molecular weight excluding hydrogens is 234 g/mol. The highest BCUT2D eigenvalue weighted by atomic mass is 16.6. The van der Waals surface area contributed by atoms with Crippen LogP contribution >= 0.6 is 0 Å². The Morgan fingerprint density at radius 1 is 1.39 bits per heavy atom. The molecule has 5 nitrogen and oxygen atoms in total. The van der Waals surface area contributed by atoms with E-state index in [1.54, 1.807) is 12.1 Å². The second-order valence-electron chi connectivity index (χ2n) is 4.85. The van der Waals surface area contributed by atoms with Crippen molar-refractivity contribution in [2.24, 2.45) is 0 Å². The highest BCUT2D eigenvalue weighted by Gasteiger charge is 2.49. The van der Waals surface area contributed by atoms with E-state index < -0.39 is 5.97 Å². The molecule has 0 bridgehead atoms. The molecule has 1 aliphatic heterocycles. The Kier molecular flexibility index (Phi) is 2.29. The number of ether oxygens (including phenoxy) is 1. The second-order valence-corrected chi connectivity index (χ2v) is 4.85. The van der Waals surface area contributed by atoms with E-state index in [1.165, 1.54) is 17.0 Å². The van der Waals surface area contributed by atoms with Crippen molar-refractivity contribution in [2.75, 3.05) is 11.4 Å². The summed E-state index contributed by atoms with van der Waals surface area (Å²) in [4.78, 5) is 24.2. The number of aromatic carboxylic acids is 1. The summed E-state index contributed by atoms with van der Waals surface area (Å²) in [6, 6.07) is 6.37. The number of carboxylic acid groups (broad SMARTS) is 1. The van der Waals surface area contributed by atoms with Gasteiger partial charge in [-0.25, -0.2) is 9.59 Å². The molecule has 1 saturated carbocycles. The van der Waals surface area contributed by atoms with E-state index >= 15 is 0 Å². The van der Waals surface area contributed by atoms with Crippen molar-refractivity contribution in [3.63, 3.8) is 0 Å². The van der Waals surface area contributed by atoms with Crippen LogP contribution in [0, 0.1) is 0 Å². The number of rotatable bonds is 2. The minimum absolute atomic E-state index is 0.176. The first-order valence-electron chi connectivity index (χ1n) is 5.94. The third-order valence-electron chi connectivity index (χ3n) is 3.64. The molecule has 2 fully saturated rings. The van der Waals surface area contributed by atoms with Gasteiger partial charge in [-0.1, -0.05) is 6.07 Å². The SMILES string of the molecule is O=C(O)c1cccc(N2CC3(CCC3)OC2=O)c1. The predicted molar refractivity (Wildman–Crippen MR) is 63.8 cm³/mol. The van der Waals surface area contributed by atoms with Gasteiger partial charge in [-0.15, -0.1) is 0 Å². The number of hydrogen-bond acceptors (Lipinski definition) is 3. The van der Waals surface area contributed by atoms with Gasteiger partial charge in [0.1, 0.15) is 5.60 Å². The molecule has 1 saturated heterocycles. The average molecular weight is 247 g/mol. The minimum Gasteiger partial charge on any atom is -0.478 e. The van der Waals surface area contributed by atoms with Gasteiger partial charge in [0.25, 0.3) is 0 Å². The van der Waals surface area contributed by atoms with Crippen LogP contribution in [0.5, 0.6) is 0 Å². The molecule has 1 aromatic carbocycles. The van der Waals surface area contributed by atoms with Crippen molar-refractivity contribution in [3.8, 4) is 0 Å². The molecule has 1 aliphatic carbocycles. The van der Waals surface area contributed by atoms with Gasteiger partial charge in [0.2, 0.25) is 0 Å². The third kappa shape index (κ3) is 1.63. The summed E-state index contributed by atoms with van der Waals surface area (Å²) < 4.78 is 5.39. The molecule has 0 aromatic heterocycles. The van der Waals surface area contributed by atoms with E-state index in [-0.39, 0.29) is 17.3 Å². The van der Waals surface area contributed by atoms with Crippen LogP contribution in [0.3, 0.4) is 0 Å². The number of carbonyl (C=O) groups excluding carboxylic acids is 1. The Labute approximate surface area is 104 Å². The van der Waals surface area contributed by atoms with E-state index in [0.29, 0.717) is 12.2 Å². The molecule has 1 heterocycles. The van der Waals surface area contributed by atoms with Crippen LogP contribution in [0.2, 0.25) is 0 Å². The van der Waals surface area contributed by atoms with Crippen LogP contribution in [0.4, 0.5) is 10.5 Å². The molecule has 1 N–H and O–H groups in total. The summed E-state index contributed by atoms with van der Waals surface area (Å²) in [5.74, 6) is -0.997. The van der Waals surface area contributed by atoms with Gasteiger partial charge in [0.15, 0.2) is 0 Å². The van der Waals surface area contributed by atoms with Crippen LogP contribution < -0.4 is 4.90 Å². The highest BCUT2D eigenvalue weighted by Crippen LogP contribution is 2.42. The monoisotopic (exact) mass is 247 g/mol. The molecule has 1 spiro atoms. The number of carbonyl (C=O) groups is 2. The van der Waals surface area contributed by atoms with Gasteiger partial charge >= 0.3 is 12.1 Å². The molecule has 94 valence electrons. The maximum Gasteiger partial charge on any atom is 0.415 e. The Morgan fingerprint density at radius 2 is 2.17 bits per heavy atom. The van der Waals surface area contributed by atoms with Crippen molar-refractivity contribution in [3.05, 3.63) is 29.8 Å². The topological polar surface area (TPSA) is 66.8 Å². The molecular formula is C13H13NO4. The van der Waals surface area contributed by atoms with Gasteiger partial charge in [-0.2, -0.15) is 0 Å². The van der Waals surface area contributed by atoms with Gasteiger partial charge in [-0.05, 0) is 37.5 Å². The molecule has 18 heavy (non-hydrogen) atoms. The number of amides is 1. The van der Waals surface area contributed by atoms with Crippen molar-refractivity contribution >= 4 is 17.7 Å². The zero-order valence-electron chi connectivity index (χ0n) is 9.76. The lowest BCUT2D eigenvalue weighted by Crippen LogP contribution is -2.41. The molecule has 1 amide bonds. The molecule has 1 aromatic rings. The number of nitrogens with zero attached hydrogens (tertiary/aromatic N) is 1. The van der Waals surface area contributed by atoms with Crippen LogP contribution in [0.15, 0.2) is 24.3 Å². The minimum atomic E-state index is -0.997. The van der Waals surface area contributed by atoms with Crippen molar-refractivity contribution < 1.29 is 19.4 Å². The molecule has 2 aliphatic rings. The van der Waals surface area contributed by atoms with E-state index in [2.05, 4.69) is 0 Å². The second kappa shape index (κ2) is 3.73. The lowest BCUT2D eigenvalue weighted by Gasteiger charge is -2.35. The smallest absolute Gasteiger partial charge is 0.415 e. The van der Waals surface area contributed by atoms with E-state index in [1.807, 2.05) is 0 Å². The summed E-state index contributed by atoms with van der Waals surface area (Å²) >= 11 is 0. The Hall–Kier alpha value is -2.04. The average Bonchev–Trinajstić information content (AvgIpc) is 2.67. The van der Waals surface area contributed by atoms with Crippen molar-refractivity contribution in [1.29, 1.82) is 0 Å². The lowest BCUT2D eigenvalue weighted by atomic mass is 9.80. The fourth-order valence-electron chi connectivity index (χ4n) is 2.46. The fourth-order valence-corrected chi connectivity index (χ4v) is 2.46. The number of carboxylic acids is 1. The van der Waals surface area contributed by atoms with E-state index in [4.69, 9.17) is 9.84 Å². The Morgan fingerprint density at radius 3 is 2.72 bits per heavy atom. The normalized spacial score (nSPS) is 20.7. The van der Waals surface area contributed by atoms with Crippen LogP contribution in [-0.4, -0.2) is 29.3 Å². The van der Waals surface area contributed by atoms with Crippen LogP contribution in [0.25, 0.3) is 0 Å². The largest absolute Gasteiger partial charge is 0.478 e. The number of benzene rings is 1. The molecule has 0 radical (unpaired) electrons. The first-order chi connectivity index (χ1) is 8.60. The first-order valence-corrected chi connectivity index (χ1v) is 5.94. The number of hydrogen-bond donors (Lipinski definition) is 1. The maximum absolute atomic E-state index is 11.8. The van der Waals surface area contributed by atoms with Crippen LogP contribution in [-0.2, 0) is 4.74 Å². The summed E-state index contributed by atoms with van der Waals surface area (Å²) in [5, 5.41) is 8.94. The maximum atomic E-state index is 11.8. The fraction of sp³-hybridized carbons (Fsp3) is 0.385. The van der Waals surface area contributed by atoms with Crippen molar-refractivity contribution in [2.45, 2.75) is 24.9 Å². The zero-order chi connectivity index (χ0) is 12.8. The highest BCUT2D eigenvalue weighted by molar-refractivity contribution is 5.94. The van der Waals surface area contributed by atoms with Crippen molar-refractivity contribution in [1.82, 2.24) is 0 Å². The van der Waals surface area contributed by atoms with E-state index in [9.17, 15) is 9.59 Å². The first kappa shape index (κ1) is 11.1. The molecule has 5 heteroatoms. The summed E-state index contributed by atoms with van der Waals surface area (Å²) in [6.07, 6.45) is 2.50. The van der Waals surface area contributed by atoms with Gasteiger partial charge in [-0.3, -0.25) is 4.90 Å². The Balaban J connectivity index is 1.88. The molecule has 0 atom stereocenters. The predicted octanol–water partition coefficient (Wildman–Crippen LogP) is 2.26. The standard InChI is InChI=1S/C13H13NO4/c15-11(16)9-3-1-4-10(7-9)14-8-13(5-2-6-13)18-12(14)17/h1,3-4,7H,2,5-6,8H2,(H,15,16). The van der Waals surface area contributed by atoms with Gasteiger partial charge in [0.05, 0.1) is 12.1 Å². The lowest BCUT2D eigenvalue weighted by molar-refractivity contribution is -0.00650. The summed E-state index contributed by atoms with van der Waals surface area (Å²) in [5.41, 5.74) is 0.439. The quantitative estimate of drug-likeness (QED) is 0.870.